The molecule has 0 aromatic carbocycles. The predicted octanol–water partition coefficient (Wildman–Crippen LogP) is 1.87. The van der Waals surface area contributed by atoms with E-state index in [1.165, 1.54) is 4.31 Å². The second-order valence-corrected chi connectivity index (χ2v) is 7.58. The third kappa shape index (κ3) is 3.26. The minimum absolute atomic E-state index is 0.0905. The van der Waals surface area contributed by atoms with E-state index in [2.05, 4.69) is 4.98 Å². The molecule has 0 N–H and O–H groups in total. The number of hydrogen-bond donors (Lipinski definition) is 0. The fourth-order valence-electron chi connectivity index (χ4n) is 2.93. The van der Waals surface area contributed by atoms with E-state index in [1.807, 2.05) is 45.0 Å². The van der Waals surface area contributed by atoms with Crippen molar-refractivity contribution >= 4 is 16.0 Å². The first-order valence-electron chi connectivity index (χ1n) is 7.82. The van der Waals surface area contributed by atoms with Gasteiger partial charge in [0.25, 0.3) is 10.2 Å². The van der Waals surface area contributed by atoms with Gasteiger partial charge in [0.2, 0.25) is 0 Å². The molecule has 0 spiro atoms. The molecule has 1 aliphatic heterocycles. The summed E-state index contributed by atoms with van der Waals surface area (Å²) in [5, 5.41) is 0. The zero-order chi connectivity index (χ0) is 16.3. The van der Waals surface area contributed by atoms with Crippen LogP contribution in [0, 0.1) is 0 Å². The highest BCUT2D eigenvalue weighted by Gasteiger charge is 2.37. The van der Waals surface area contributed by atoms with E-state index in [9.17, 15) is 8.42 Å². The van der Waals surface area contributed by atoms with Gasteiger partial charge in [0.1, 0.15) is 5.82 Å². The molecule has 0 aliphatic carbocycles. The van der Waals surface area contributed by atoms with Crippen LogP contribution in [0.15, 0.2) is 18.3 Å². The van der Waals surface area contributed by atoms with E-state index in [0.717, 1.165) is 24.2 Å². The molecule has 1 aliphatic rings. The molecule has 0 radical (unpaired) electrons. The zero-order valence-corrected chi connectivity index (χ0v) is 14.7. The largest absolute Gasteiger partial charge is 0.363 e. The second kappa shape index (κ2) is 6.93. The summed E-state index contributed by atoms with van der Waals surface area (Å²) in [6.07, 6.45) is 3.51. The summed E-state index contributed by atoms with van der Waals surface area (Å²) in [6.45, 7) is 5.34. The number of hydrogen-bond acceptors (Lipinski definition) is 4. The number of anilines is 1. The van der Waals surface area contributed by atoms with Crippen LogP contribution < -0.4 is 4.90 Å². The highest BCUT2D eigenvalue weighted by Crippen LogP contribution is 2.35. The van der Waals surface area contributed by atoms with Gasteiger partial charge in [0.05, 0.1) is 6.04 Å². The monoisotopic (exact) mass is 326 g/mol. The lowest BCUT2D eigenvalue weighted by atomic mass is 10.1. The number of aromatic nitrogens is 1. The molecule has 124 valence electrons. The fraction of sp³-hybridized carbons (Fsp3) is 0.667. The van der Waals surface area contributed by atoms with Crippen molar-refractivity contribution < 1.29 is 8.42 Å². The lowest BCUT2D eigenvalue weighted by Gasteiger charge is -2.30. The summed E-state index contributed by atoms with van der Waals surface area (Å²) in [5.41, 5.74) is 1.02. The van der Waals surface area contributed by atoms with Crippen LogP contribution in [0.5, 0.6) is 0 Å². The lowest BCUT2D eigenvalue weighted by molar-refractivity contribution is 0.338. The van der Waals surface area contributed by atoms with E-state index in [4.69, 9.17) is 0 Å². The predicted molar refractivity (Wildman–Crippen MR) is 89.1 cm³/mol. The molecule has 0 unspecified atom stereocenters. The Morgan fingerprint density at radius 1 is 1.32 bits per heavy atom. The van der Waals surface area contributed by atoms with E-state index < -0.39 is 10.2 Å². The average molecular weight is 326 g/mol. The molecule has 0 bridgehead atoms. The molecule has 2 heterocycles. The number of nitrogens with zero attached hydrogens (tertiary/aromatic N) is 4. The molecular formula is C15H26N4O2S. The van der Waals surface area contributed by atoms with Crippen LogP contribution in [0.1, 0.15) is 38.3 Å². The first-order valence-corrected chi connectivity index (χ1v) is 9.21. The van der Waals surface area contributed by atoms with Gasteiger partial charge in [-0.05, 0) is 30.5 Å². The second-order valence-electron chi connectivity index (χ2n) is 5.70. The van der Waals surface area contributed by atoms with Crippen molar-refractivity contribution in [2.24, 2.45) is 0 Å². The summed E-state index contributed by atoms with van der Waals surface area (Å²) in [7, 11) is 0.473. The quantitative estimate of drug-likeness (QED) is 0.801. The van der Waals surface area contributed by atoms with Crippen LogP contribution in [0.2, 0.25) is 0 Å². The summed E-state index contributed by atoms with van der Waals surface area (Å²) in [6, 6.07) is 3.82. The van der Waals surface area contributed by atoms with E-state index in [-0.39, 0.29) is 6.04 Å². The summed E-state index contributed by atoms with van der Waals surface area (Å²) in [5.74, 6) is 0.851. The van der Waals surface area contributed by atoms with Gasteiger partial charge in [0, 0.05) is 39.9 Å². The van der Waals surface area contributed by atoms with Crippen molar-refractivity contribution in [1.29, 1.82) is 0 Å². The summed E-state index contributed by atoms with van der Waals surface area (Å²) in [4.78, 5) is 6.24. The van der Waals surface area contributed by atoms with Crippen molar-refractivity contribution in [3.8, 4) is 0 Å². The van der Waals surface area contributed by atoms with Crippen LogP contribution in [0.25, 0.3) is 0 Å². The van der Waals surface area contributed by atoms with Crippen LogP contribution in [-0.4, -0.2) is 55.7 Å². The van der Waals surface area contributed by atoms with E-state index >= 15 is 0 Å². The fourth-order valence-corrected chi connectivity index (χ4v) is 4.79. The van der Waals surface area contributed by atoms with E-state index in [1.54, 1.807) is 10.5 Å². The molecule has 1 fully saturated rings. The maximum atomic E-state index is 12.8. The Labute approximate surface area is 133 Å². The normalized spacial score (nSPS) is 19.8. The summed E-state index contributed by atoms with van der Waals surface area (Å²) < 4.78 is 28.8. The van der Waals surface area contributed by atoms with Crippen LogP contribution in [0.3, 0.4) is 0 Å². The standard InChI is InChI=1S/C15H26N4O2S/c1-5-18(6-2)22(20,21)19-11-7-8-14(19)13-9-10-16-15(12-13)17(3)4/h9-10,12,14H,5-8,11H2,1-4H3/t14-/m1/s1. The molecule has 1 saturated heterocycles. The van der Waals surface area contributed by atoms with Gasteiger partial charge in [-0.15, -0.1) is 0 Å². The number of rotatable bonds is 6. The SMILES string of the molecule is CCN(CC)S(=O)(=O)N1CCC[C@@H]1c1ccnc(N(C)C)c1. The first kappa shape index (κ1) is 17.2. The smallest absolute Gasteiger partial charge is 0.282 e. The molecule has 1 atom stereocenters. The van der Waals surface area contributed by atoms with Gasteiger partial charge in [-0.1, -0.05) is 13.8 Å². The Balaban J connectivity index is 2.33. The van der Waals surface area contributed by atoms with Crippen molar-refractivity contribution in [2.75, 3.05) is 38.6 Å². The first-order chi connectivity index (χ1) is 10.4. The van der Waals surface area contributed by atoms with Crippen LogP contribution in [-0.2, 0) is 10.2 Å². The van der Waals surface area contributed by atoms with Crippen molar-refractivity contribution in [1.82, 2.24) is 13.6 Å². The third-order valence-corrected chi connectivity index (χ3v) is 6.34. The molecular weight excluding hydrogens is 300 g/mol. The summed E-state index contributed by atoms with van der Waals surface area (Å²) >= 11 is 0. The molecule has 2 rings (SSSR count). The van der Waals surface area contributed by atoms with Crippen LogP contribution >= 0.6 is 0 Å². The average Bonchev–Trinajstić information content (AvgIpc) is 2.98. The molecule has 22 heavy (non-hydrogen) atoms. The Morgan fingerprint density at radius 2 is 2.00 bits per heavy atom. The molecule has 7 heteroatoms. The molecule has 6 nitrogen and oxygen atoms in total. The maximum absolute atomic E-state index is 12.8. The van der Waals surface area contributed by atoms with Crippen molar-refractivity contribution in [2.45, 2.75) is 32.7 Å². The topological polar surface area (TPSA) is 56.8 Å². The number of pyridine rings is 1. The molecule has 1 aromatic heterocycles. The molecule has 0 amide bonds. The van der Waals surface area contributed by atoms with Gasteiger partial charge in [-0.25, -0.2) is 4.98 Å². The van der Waals surface area contributed by atoms with Crippen LogP contribution in [0.4, 0.5) is 5.82 Å². The lowest BCUT2D eigenvalue weighted by Crippen LogP contribution is -2.43. The third-order valence-electron chi connectivity index (χ3n) is 4.14. The Hall–Kier alpha value is -1.18. The Bertz CT molecular complexity index is 599. The van der Waals surface area contributed by atoms with Crippen molar-refractivity contribution in [3.05, 3.63) is 23.9 Å². The van der Waals surface area contributed by atoms with E-state index in [0.29, 0.717) is 19.6 Å². The minimum Gasteiger partial charge on any atom is -0.363 e. The minimum atomic E-state index is -3.40. The van der Waals surface area contributed by atoms with Gasteiger partial charge in [-0.3, -0.25) is 0 Å². The molecule has 1 aromatic rings. The molecule has 0 saturated carbocycles. The maximum Gasteiger partial charge on any atom is 0.282 e. The highest BCUT2D eigenvalue weighted by atomic mass is 32.2. The van der Waals surface area contributed by atoms with Crippen molar-refractivity contribution in [3.63, 3.8) is 0 Å². The Morgan fingerprint density at radius 3 is 2.59 bits per heavy atom. The van der Waals surface area contributed by atoms with Gasteiger partial charge >= 0.3 is 0 Å². The highest BCUT2D eigenvalue weighted by molar-refractivity contribution is 7.86. The van der Waals surface area contributed by atoms with Gasteiger partial charge in [0.15, 0.2) is 0 Å². The Kier molecular flexibility index (Phi) is 5.41. The zero-order valence-electron chi connectivity index (χ0n) is 13.9. The van der Waals surface area contributed by atoms with Gasteiger partial charge < -0.3 is 4.90 Å². The van der Waals surface area contributed by atoms with Gasteiger partial charge in [-0.2, -0.15) is 17.0 Å².